The van der Waals surface area contributed by atoms with Crippen molar-refractivity contribution in [3.05, 3.63) is 35.4 Å². The fraction of sp³-hybridized carbons (Fsp3) is 0.591. The van der Waals surface area contributed by atoms with E-state index in [4.69, 9.17) is 0 Å². The number of carbonyl (C=O) groups is 3. The minimum atomic E-state index is -0.848. The van der Waals surface area contributed by atoms with E-state index in [-0.39, 0.29) is 18.4 Å². The normalized spacial score (nSPS) is 15.8. The second kappa shape index (κ2) is 9.71. The van der Waals surface area contributed by atoms with Gasteiger partial charge in [-0.25, -0.2) is 4.79 Å². The molecule has 0 bridgehead atoms. The molecular weight excluding hydrogens is 354 g/mol. The van der Waals surface area contributed by atoms with E-state index in [1.807, 2.05) is 13.8 Å². The van der Waals surface area contributed by atoms with Crippen LogP contribution in [0.25, 0.3) is 0 Å². The maximum atomic E-state index is 12.8. The van der Waals surface area contributed by atoms with E-state index in [2.05, 4.69) is 48.7 Å². The number of urea groups is 1. The fourth-order valence-corrected chi connectivity index (χ4v) is 3.75. The molecule has 1 fully saturated rings. The third-order valence-electron chi connectivity index (χ3n) is 5.28. The van der Waals surface area contributed by atoms with Crippen molar-refractivity contribution >= 4 is 17.8 Å². The number of imide groups is 1. The molecule has 6 nitrogen and oxygen atoms in total. The largest absolute Gasteiger partial charge is 0.354 e. The summed E-state index contributed by atoms with van der Waals surface area (Å²) < 4.78 is 0. The van der Waals surface area contributed by atoms with Gasteiger partial charge in [-0.15, -0.1) is 0 Å². The molecular formula is C22H33N3O3. The summed E-state index contributed by atoms with van der Waals surface area (Å²) in [7, 11) is 0. The van der Waals surface area contributed by atoms with E-state index in [0.29, 0.717) is 31.7 Å². The number of carbonyl (C=O) groups excluding carboxylic acids is 3. The quantitative estimate of drug-likeness (QED) is 0.604. The molecule has 0 radical (unpaired) electrons. The summed E-state index contributed by atoms with van der Waals surface area (Å²) in [6, 6.07) is 7.89. The van der Waals surface area contributed by atoms with Crippen LogP contribution in [-0.4, -0.2) is 41.4 Å². The predicted molar refractivity (Wildman–Crippen MR) is 110 cm³/mol. The molecule has 0 aromatic heterocycles. The molecule has 1 aromatic rings. The molecule has 0 saturated carbocycles. The summed E-state index contributed by atoms with van der Waals surface area (Å²) in [5.41, 5.74) is 1.58. The van der Waals surface area contributed by atoms with Gasteiger partial charge >= 0.3 is 6.03 Å². The van der Waals surface area contributed by atoms with Gasteiger partial charge in [-0.2, -0.15) is 0 Å². The van der Waals surface area contributed by atoms with Crippen LogP contribution >= 0.6 is 0 Å². The van der Waals surface area contributed by atoms with Crippen LogP contribution in [0, 0.1) is 0 Å². The molecule has 2 rings (SSSR count). The van der Waals surface area contributed by atoms with E-state index >= 15 is 0 Å². The van der Waals surface area contributed by atoms with E-state index in [1.165, 1.54) is 5.56 Å². The number of nitrogens with one attached hydrogen (secondary N) is 2. The molecule has 1 aromatic carbocycles. The zero-order chi connectivity index (χ0) is 20.7. The second-order valence-electron chi connectivity index (χ2n) is 7.90. The van der Waals surface area contributed by atoms with E-state index in [9.17, 15) is 14.4 Å². The van der Waals surface area contributed by atoms with Crippen molar-refractivity contribution in [2.24, 2.45) is 0 Å². The third-order valence-corrected chi connectivity index (χ3v) is 5.28. The molecule has 1 saturated heterocycles. The summed E-state index contributed by atoms with van der Waals surface area (Å²) in [5, 5.41) is 5.64. The number of benzene rings is 1. The van der Waals surface area contributed by atoms with Gasteiger partial charge in [0.15, 0.2) is 0 Å². The maximum Gasteiger partial charge on any atom is 0.325 e. The molecule has 154 valence electrons. The van der Waals surface area contributed by atoms with Gasteiger partial charge in [0, 0.05) is 6.54 Å². The van der Waals surface area contributed by atoms with Crippen LogP contribution in [0.2, 0.25) is 0 Å². The Morgan fingerprint density at radius 3 is 2.25 bits per heavy atom. The molecule has 1 aliphatic rings. The molecule has 4 amide bonds. The fourth-order valence-electron chi connectivity index (χ4n) is 3.75. The lowest BCUT2D eigenvalue weighted by molar-refractivity contribution is -0.135. The summed E-state index contributed by atoms with van der Waals surface area (Å²) in [6.07, 6.45) is 3.48. The Morgan fingerprint density at radius 2 is 1.71 bits per heavy atom. The Labute approximate surface area is 168 Å². The molecule has 0 spiro atoms. The van der Waals surface area contributed by atoms with Crippen LogP contribution in [-0.2, 0) is 16.0 Å². The zero-order valence-electron chi connectivity index (χ0n) is 17.5. The molecule has 0 unspecified atom stereocenters. The molecule has 0 atom stereocenters. The third kappa shape index (κ3) is 5.12. The minimum Gasteiger partial charge on any atom is -0.354 e. The lowest BCUT2D eigenvalue weighted by Gasteiger charge is -2.25. The van der Waals surface area contributed by atoms with Gasteiger partial charge < -0.3 is 10.6 Å². The van der Waals surface area contributed by atoms with Crippen molar-refractivity contribution in [1.82, 2.24) is 15.5 Å². The van der Waals surface area contributed by atoms with Crippen LogP contribution in [0.4, 0.5) is 4.79 Å². The molecule has 0 aliphatic carbocycles. The molecule has 28 heavy (non-hydrogen) atoms. The Bertz CT molecular complexity index is 691. The first-order chi connectivity index (χ1) is 13.3. The van der Waals surface area contributed by atoms with E-state index < -0.39 is 11.6 Å². The average molecular weight is 388 g/mol. The lowest BCUT2D eigenvalue weighted by atomic mass is 9.88. The summed E-state index contributed by atoms with van der Waals surface area (Å²) >= 11 is 0. The van der Waals surface area contributed by atoms with Crippen molar-refractivity contribution < 1.29 is 14.4 Å². The van der Waals surface area contributed by atoms with Gasteiger partial charge in [-0.3, -0.25) is 14.5 Å². The van der Waals surface area contributed by atoms with Crippen LogP contribution < -0.4 is 10.6 Å². The monoisotopic (exact) mass is 387 g/mol. The van der Waals surface area contributed by atoms with Gasteiger partial charge in [0.25, 0.3) is 5.91 Å². The van der Waals surface area contributed by atoms with Crippen LogP contribution in [0.5, 0.6) is 0 Å². The van der Waals surface area contributed by atoms with Gasteiger partial charge in [0.2, 0.25) is 5.91 Å². The second-order valence-corrected chi connectivity index (χ2v) is 7.90. The summed E-state index contributed by atoms with van der Waals surface area (Å²) in [5.74, 6) is -0.0999. The standard InChI is InChI=1S/C22H33N3O3/c1-5-12-22(13-6-2)20(27)25(21(28)24-22)15-19(26)23-14-11-17-7-9-18(10-8-17)16(3)4/h7-10,16H,5-6,11-15H2,1-4H3,(H,23,26)(H,24,28). The highest BCUT2D eigenvalue weighted by Crippen LogP contribution is 2.27. The van der Waals surface area contributed by atoms with Crippen molar-refractivity contribution in [2.45, 2.75) is 71.3 Å². The van der Waals surface area contributed by atoms with E-state index in [0.717, 1.165) is 23.3 Å². The smallest absolute Gasteiger partial charge is 0.325 e. The predicted octanol–water partition coefficient (Wildman–Crippen LogP) is 3.36. The van der Waals surface area contributed by atoms with E-state index in [1.54, 1.807) is 0 Å². The average Bonchev–Trinajstić information content (AvgIpc) is 2.87. The Hall–Kier alpha value is -2.37. The Kier molecular flexibility index (Phi) is 7.61. The molecule has 1 heterocycles. The van der Waals surface area contributed by atoms with Crippen LogP contribution in [0.3, 0.4) is 0 Å². The molecule has 6 heteroatoms. The van der Waals surface area contributed by atoms with Crippen LogP contribution in [0.1, 0.15) is 70.4 Å². The van der Waals surface area contributed by atoms with Crippen molar-refractivity contribution in [3.63, 3.8) is 0 Å². The van der Waals surface area contributed by atoms with Crippen molar-refractivity contribution in [3.8, 4) is 0 Å². The molecule has 1 aliphatic heterocycles. The van der Waals surface area contributed by atoms with Gasteiger partial charge in [-0.05, 0) is 36.3 Å². The minimum absolute atomic E-state index is 0.230. The first-order valence-corrected chi connectivity index (χ1v) is 10.3. The number of nitrogens with zero attached hydrogens (tertiary/aromatic N) is 1. The Balaban J connectivity index is 1.86. The number of hydrogen-bond donors (Lipinski definition) is 2. The maximum absolute atomic E-state index is 12.8. The number of hydrogen-bond acceptors (Lipinski definition) is 3. The van der Waals surface area contributed by atoms with Crippen LogP contribution in [0.15, 0.2) is 24.3 Å². The van der Waals surface area contributed by atoms with Crippen molar-refractivity contribution in [1.29, 1.82) is 0 Å². The van der Waals surface area contributed by atoms with Gasteiger partial charge in [-0.1, -0.05) is 64.8 Å². The highest BCUT2D eigenvalue weighted by atomic mass is 16.2. The SMILES string of the molecule is CCCC1(CCC)NC(=O)N(CC(=O)NCCc2ccc(C(C)C)cc2)C1=O. The number of rotatable bonds is 10. The van der Waals surface area contributed by atoms with Gasteiger partial charge in [0.05, 0.1) is 0 Å². The lowest BCUT2D eigenvalue weighted by Crippen LogP contribution is -2.47. The Morgan fingerprint density at radius 1 is 1.11 bits per heavy atom. The number of amides is 4. The highest BCUT2D eigenvalue weighted by molar-refractivity contribution is 6.09. The summed E-state index contributed by atoms with van der Waals surface area (Å²) in [6.45, 7) is 8.52. The highest BCUT2D eigenvalue weighted by Gasteiger charge is 2.50. The topological polar surface area (TPSA) is 78.5 Å². The van der Waals surface area contributed by atoms with Gasteiger partial charge in [0.1, 0.15) is 12.1 Å². The molecule has 2 N–H and O–H groups in total. The van der Waals surface area contributed by atoms with Crippen molar-refractivity contribution in [2.75, 3.05) is 13.1 Å². The zero-order valence-corrected chi connectivity index (χ0v) is 17.5. The first-order valence-electron chi connectivity index (χ1n) is 10.3. The first kappa shape index (κ1) is 21.9. The summed E-state index contributed by atoms with van der Waals surface area (Å²) in [4.78, 5) is 38.4.